The monoisotopic (exact) mass is 941 g/mol. The zero-order chi connectivity index (χ0) is 48.7. The fraction of sp³-hybridized carbons (Fsp3) is 0.679. The Morgan fingerprint density at radius 3 is 1.56 bits per heavy atom. The second-order valence-electron chi connectivity index (χ2n) is 18.4. The van der Waals surface area contributed by atoms with Crippen LogP contribution in [0.5, 0.6) is 0 Å². The molecule has 3 unspecified atom stereocenters. The van der Waals surface area contributed by atoms with Gasteiger partial charge in [0.1, 0.15) is 19.3 Å². The number of amides is 1. The predicted octanol–water partition coefficient (Wildman–Crippen LogP) is 14.6. The summed E-state index contributed by atoms with van der Waals surface area (Å²) in [6.07, 6.45) is 59.4. The average Bonchev–Trinajstić information content (AvgIpc) is 3.27. The van der Waals surface area contributed by atoms with Crippen LogP contribution in [0.25, 0.3) is 0 Å². The zero-order valence-corrected chi connectivity index (χ0v) is 43.8. The van der Waals surface area contributed by atoms with Crippen LogP contribution in [0.4, 0.5) is 0 Å². The highest BCUT2D eigenvalue weighted by Crippen LogP contribution is 2.38. The van der Waals surface area contributed by atoms with Gasteiger partial charge in [-0.3, -0.25) is 14.2 Å². The van der Waals surface area contributed by atoms with Crippen LogP contribution in [0.1, 0.15) is 194 Å². The van der Waals surface area contributed by atoms with Crippen LogP contribution in [-0.4, -0.2) is 69.4 Å². The number of allylic oxidation sites excluding steroid dienone is 15. The molecule has 0 aromatic carbocycles. The van der Waals surface area contributed by atoms with Crippen molar-refractivity contribution < 1.29 is 37.3 Å². The summed E-state index contributed by atoms with van der Waals surface area (Å²) in [5.74, 6) is -0.614. The summed E-state index contributed by atoms with van der Waals surface area (Å²) < 4.78 is 30.1. The van der Waals surface area contributed by atoms with Crippen molar-refractivity contribution in [3.63, 3.8) is 0 Å². The van der Waals surface area contributed by atoms with E-state index < -0.39 is 26.6 Å². The summed E-state index contributed by atoms with van der Waals surface area (Å²) in [7, 11) is 1.13. The molecule has 0 aliphatic heterocycles. The van der Waals surface area contributed by atoms with Gasteiger partial charge in [-0.1, -0.05) is 208 Å². The fourth-order valence-electron chi connectivity index (χ4n) is 6.83. The molecule has 0 fully saturated rings. The first-order valence-corrected chi connectivity index (χ1v) is 27.6. The third kappa shape index (κ3) is 46.1. The van der Waals surface area contributed by atoms with Crippen molar-refractivity contribution in [2.75, 3.05) is 40.9 Å². The summed E-state index contributed by atoms with van der Waals surface area (Å²) in [5, 5.41) is 2.98. The molecule has 0 spiro atoms. The predicted molar refractivity (Wildman–Crippen MR) is 279 cm³/mol. The smallest absolute Gasteiger partial charge is 0.306 e. The van der Waals surface area contributed by atoms with E-state index in [1.807, 2.05) is 88.0 Å². The summed E-state index contributed by atoms with van der Waals surface area (Å²) in [6.45, 7) is 6.58. The van der Waals surface area contributed by atoms with Crippen molar-refractivity contribution in [3.8, 4) is 0 Å². The second-order valence-corrected chi connectivity index (χ2v) is 19.9. The summed E-state index contributed by atoms with van der Waals surface area (Å²) >= 11 is 0. The Hall–Kier alpha value is -3.07. The number of unbranched alkanes of at least 4 members (excludes halogenated alkanes) is 20. The fourth-order valence-corrected chi connectivity index (χ4v) is 7.55. The second kappa shape index (κ2) is 45.7. The van der Waals surface area contributed by atoms with Crippen molar-refractivity contribution in [1.29, 1.82) is 0 Å². The van der Waals surface area contributed by atoms with Gasteiger partial charge < -0.3 is 28.5 Å². The third-order valence-corrected chi connectivity index (χ3v) is 11.9. The van der Waals surface area contributed by atoms with Gasteiger partial charge in [0, 0.05) is 12.8 Å². The molecule has 3 atom stereocenters. The van der Waals surface area contributed by atoms with E-state index in [1.54, 1.807) is 6.08 Å². The molecule has 0 radical (unpaired) electrons. The van der Waals surface area contributed by atoms with Crippen LogP contribution >= 0.6 is 7.82 Å². The molecule has 1 amide bonds. The van der Waals surface area contributed by atoms with Crippen molar-refractivity contribution in [1.82, 2.24) is 5.32 Å². The number of ether oxygens (including phenoxy) is 1. The van der Waals surface area contributed by atoms with E-state index in [-0.39, 0.29) is 31.3 Å². The van der Waals surface area contributed by atoms with Gasteiger partial charge in [-0.25, -0.2) is 0 Å². The SMILES string of the molecule is CC\C=C/C=C/C=C/C=C\C=C\C=C\CCCCCC(=O)NC(COP(=O)([O-])OCC[N+](C)(C)C)C(/C=C\CCCCCCCCCCCC)OC(=O)CCCCCCC/C=C\CCCC. The number of likely N-dealkylation sites (N-methyl/N-ethyl adjacent to an activating group) is 1. The summed E-state index contributed by atoms with van der Waals surface area (Å²) in [4.78, 5) is 39.7. The first kappa shape index (κ1) is 62.9. The van der Waals surface area contributed by atoms with Crippen LogP contribution in [0, 0.1) is 0 Å². The minimum atomic E-state index is -4.71. The zero-order valence-electron chi connectivity index (χ0n) is 42.9. The highest BCUT2D eigenvalue weighted by Gasteiger charge is 2.27. The first-order chi connectivity index (χ1) is 31.9. The van der Waals surface area contributed by atoms with Gasteiger partial charge in [-0.2, -0.15) is 0 Å². The molecule has 0 heterocycles. The van der Waals surface area contributed by atoms with Crippen LogP contribution in [0.15, 0.2) is 97.2 Å². The van der Waals surface area contributed by atoms with E-state index in [1.165, 1.54) is 64.2 Å². The number of carbonyl (C=O) groups excluding carboxylic acids is 2. The first-order valence-electron chi connectivity index (χ1n) is 26.1. The number of carbonyl (C=O) groups is 2. The number of nitrogens with one attached hydrogen (secondary N) is 1. The van der Waals surface area contributed by atoms with E-state index in [4.69, 9.17) is 13.8 Å². The molecule has 0 aliphatic rings. The number of phosphoric ester groups is 1. The van der Waals surface area contributed by atoms with Crippen LogP contribution in [-0.2, 0) is 27.9 Å². The molecular weight excluding hydrogens is 844 g/mol. The molecule has 378 valence electrons. The van der Waals surface area contributed by atoms with Crippen LogP contribution in [0.2, 0.25) is 0 Å². The van der Waals surface area contributed by atoms with Gasteiger partial charge in [0.2, 0.25) is 5.91 Å². The Kier molecular flexibility index (Phi) is 43.6. The van der Waals surface area contributed by atoms with Gasteiger partial charge in [0.15, 0.2) is 0 Å². The number of esters is 1. The van der Waals surface area contributed by atoms with E-state index >= 15 is 0 Å². The van der Waals surface area contributed by atoms with Gasteiger partial charge in [-0.15, -0.1) is 0 Å². The van der Waals surface area contributed by atoms with Crippen molar-refractivity contribution >= 4 is 19.7 Å². The summed E-state index contributed by atoms with van der Waals surface area (Å²) in [6, 6.07) is -0.918. The minimum Gasteiger partial charge on any atom is -0.756 e. The third-order valence-electron chi connectivity index (χ3n) is 10.9. The largest absolute Gasteiger partial charge is 0.756 e. The molecule has 0 aromatic rings. The number of rotatable bonds is 45. The van der Waals surface area contributed by atoms with Crippen LogP contribution < -0.4 is 10.2 Å². The average molecular weight is 941 g/mol. The number of hydrogen-bond acceptors (Lipinski definition) is 7. The minimum absolute atomic E-state index is 0.0378. The van der Waals surface area contributed by atoms with Gasteiger partial charge in [0.25, 0.3) is 7.82 Å². The van der Waals surface area contributed by atoms with E-state index in [9.17, 15) is 19.0 Å². The van der Waals surface area contributed by atoms with E-state index in [2.05, 4.69) is 50.4 Å². The molecule has 0 aliphatic carbocycles. The maximum Gasteiger partial charge on any atom is 0.306 e. The van der Waals surface area contributed by atoms with Gasteiger partial charge in [-0.05, 0) is 70.3 Å². The maximum absolute atomic E-state index is 13.4. The lowest BCUT2D eigenvalue weighted by Gasteiger charge is -2.30. The van der Waals surface area contributed by atoms with Gasteiger partial charge in [0.05, 0.1) is 33.8 Å². The highest BCUT2D eigenvalue weighted by atomic mass is 31.2. The molecular formula is C56H97N2O7P. The van der Waals surface area contributed by atoms with Crippen molar-refractivity contribution in [3.05, 3.63) is 97.2 Å². The molecule has 66 heavy (non-hydrogen) atoms. The lowest BCUT2D eigenvalue weighted by Crippen LogP contribution is -2.47. The maximum atomic E-state index is 13.4. The number of quaternary nitrogens is 1. The number of hydrogen-bond donors (Lipinski definition) is 1. The topological polar surface area (TPSA) is 114 Å². The van der Waals surface area contributed by atoms with Crippen LogP contribution in [0.3, 0.4) is 0 Å². The lowest BCUT2D eigenvalue weighted by atomic mass is 10.1. The molecule has 0 saturated carbocycles. The van der Waals surface area contributed by atoms with E-state index in [0.717, 1.165) is 83.5 Å². The Labute approximate surface area is 405 Å². The van der Waals surface area contributed by atoms with E-state index in [0.29, 0.717) is 23.9 Å². The lowest BCUT2D eigenvalue weighted by molar-refractivity contribution is -0.870. The molecule has 0 rings (SSSR count). The Morgan fingerprint density at radius 1 is 0.545 bits per heavy atom. The quantitative estimate of drug-likeness (QED) is 0.0161. The molecule has 9 nitrogen and oxygen atoms in total. The number of phosphoric acid groups is 1. The molecule has 0 aromatic heterocycles. The van der Waals surface area contributed by atoms with Crippen molar-refractivity contribution in [2.24, 2.45) is 0 Å². The molecule has 0 saturated heterocycles. The Balaban J connectivity index is 5.53. The molecule has 1 N–H and O–H groups in total. The Bertz CT molecular complexity index is 1460. The standard InChI is InChI=1S/C56H97N2O7P/c1-7-10-13-16-19-22-25-27-28-29-30-31-34-36-39-42-45-48-55(59)57-53(52-64-66(61,62)63-51-50-58(4,5)6)54(47-44-41-38-35-33-26-23-20-17-14-11-8-2)65-56(60)49-46-43-40-37-32-24-21-18-15-12-9-3/h10,13,16,18-19,21-22,25,27-31,34,44,47,53-54H,7-9,11-12,14-15,17,20,23-24,26,32-33,35-43,45-46,48-52H2,1-6H3,(H-,57,59,61,62)/b13-10-,19-16+,21-18-,25-22+,28-27-,30-29+,34-31+,47-44-. The molecule has 10 heteroatoms. The molecule has 0 bridgehead atoms. The van der Waals surface area contributed by atoms with Crippen molar-refractivity contribution in [2.45, 2.75) is 206 Å². The highest BCUT2D eigenvalue weighted by molar-refractivity contribution is 7.45. The summed E-state index contributed by atoms with van der Waals surface area (Å²) in [5.41, 5.74) is 0. The normalized spacial score (nSPS) is 14.7. The number of nitrogens with zero attached hydrogens (tertiary/aromatic N) is 1. The van der Waals surface area contributed by atoms with Gasteiger partial charge >= 0.3 is 5.97 Å². The Morgan fingerprint density at radius 2 is 1.00 bits per heavy atom.